The van der Waals surface area contributed by atoms with Gasteiger partial charge >= 0.3 is 11.9 Å². The first-order valence-corrected chi connectivity index (χ1v) is 8.25. The zero-order valence-electron chi connectivity index (χ0n) is 13.1. The number of carbonyl (C=O) groups excluding carboxylic acids is 1. The van der Waals surface area contributed by atoms with Crippen LogP contribution in [0.1, 0.15) is 71.1 Å². The van der Waals surface area contributed by atoms with Crippen LogP contribution in [0.2, 0.25) is 0 Å². The maximum atomic E-state index is 12.0. The number of rotatable bonds is 9. The summed E-state index contributed by atoms with van der Waals surface area (Å²) >= 11 is 0. The Bertz CT molecular complexity index is 349. The lowest BCUT2D eigenvalue weighted by atomic mass is 9.79. The van der Waals surface area contributed by atoms with Gasteiger partial charge in [0.1, 0.15) is 0 Å². The lowest BCUT2D eigenvalue weighted by Crippen LogP contribution is -2.33. The Labute approximate surface area is 127 Å². The van der Waals surface area contributed by atoms with Crippen LogP contribution in [-0.4, -0.2) is 17.0 Å². The van der Waals surface area contributed by atoms with Crippen molar-refractivity contribution in [3.05, 3.63) is 12.3 Å². The topological polar surface area (TPSA) is 63.6 Å². The van der Waals surface area contributed by atoms with Gasteiger partial charge in [0.15, 0.2) is 0 Å². The summed E-state index contributed by atoms with van der Waals surface area (Å²) in [6, 6.07) is 0. The largest absolute Gasteiger partial charge is 0.481 e. The molecule has 1 fully saturated rings. The van der Waals surface area contributed by atoms with E-state index in [1.54, 1.807) is 0 Å². The highest BCUT2D eigenvalue weighted by Crippen LogP contribution is 2.31. The van der Waals surface area contributed by atoms with Crippen LogP contribution in [0.5, 0.6) is 0 Å². The van der Waals surface area contributed by atoms with Crippen LogP contribution in [-0.2, 0) is 14.3 Å². The van der Waals surface area contributed by atoms with Crippen LogP contribution in [0.15, 0.2) is 12.3 Å². The molecule has 0 aromatic rings. The lowest BCUT2D eigenvalue weighted by Gasteiger charge is -2.25. The maximum Gasteiger partial charge on any atom is 0.314 e. The van der Waals surface area contributed by atoms with Crippen LogP contribution in [0.4, 0.5) is 0 Å². The van der Waals surface area contributed by atoms with Crippen LogP contribution in [0.3, 0.4) is 0 Å². The molecule has 0 saturated heterocycles. The molecule has 0 radical (unpaired) electrons. The summed E-state index contributed by atoms with van der Waals surface area (Å²) in [5.74, 6) is -2.32. The van der Waals surface area contributed by atoms with E-state index in [0.29, 0.717) is 12.8 Å². The van der Waals surface area contributed by atoms with Crippen molar-refractivity contribution in [3.63, 3.8) is 0 Å². The summed E-state index contributed by atoms with van der Waals surface area (Å²) in [5, 5.41) is 9.14. The fourth-order valence-electron chi connectivity index (χ4n) is 2.84. The van der Waals surface area contributed by atoms with Gasteiger partial charge in [-0.2, -0.15) is 0 Å². The van der Waals surface area contributed by atoms with Gasteiger partial charge in [0.2, 0.25) is 0 Å². The fourth-order valence-corrected chi connectivity index (χ4v) is 2.84. The molecule has 1 aliphatic carbocycles. The van der Waals surface area contributed by atoms with Gasteiger partial charge in [-0.25, -0.2) is 0 Å². The second-order valence-electron chi connectivity index (χ2n) is 5.85. The Morgan fingerprint density at radius 2 is 1.76 bits per heavy atom. The summed E-state index contributed by atoms with van der Waals surface area (Å²) in [6.45, 7) is 2.19. The van der Waals surface area contributed by atoms with Crippen molar-refractivity contribution in [1.29, 1.82) is 0 Å². The zero-order valence-corrected chi connectivity index (χ0v) is 13.1. The van der Waals surface area contributed by atoms with Crippen molar-refractivity contribution < 1.29 is 19.4 Å². The Kier molecular flexibility index (Phi) is 8.79. The minimum absolute atomic E-state index is 0.385. The van der Waals surface area contributed by atoms with Gasteiger partial charge in [-0.05, 0) is 31.8 Å². The van der Waals surface area contributed by atoms with Gasteiger partial charge in [0, 0.05) is 0 Å². The van der Waals surface area contributed by atoms with E-state index in [1.165, 1.54) is 31.9 Å². The predicted octanol–water partition coefficient (Wildman–Crippen LogP) is 4.29. The molecule has 0 spiro atoms. The molecule has 1 rings (SSSR count). The van der Waals surface area contributed by atoms with Crippen LogP contribution in [0, 0.1) is 11.8 Å². The van der Waals surface area contributed by atoms with Gasteiger partial charge in [-0.1, -0.05) is 45.4 Å². The first-order chi connectivity index (χ1) is 10.2. The van der Waals surface area contributed by atoms with E-state index in [9.17, 15) is 9.59 Å². The lowest BCUT2D eigenvalue weighted by molar-refractivity contribution is -0.156. The minimum atomic E-state index is -0.878. The number of hydrogen-bond donors (Lipinski definition) is 1. The highest BCUT2D eigenvalue weighted by Gasteiger charge is 2.36. The van der Waals surface area contributed by atoms with Crippen molar-refractivity contribution in [3.8, 4) is 0 Å². The van der Waals surface area contributed by atoms with Crippen molar-refractivity contribution in [2.75, 3.05) is 0 Å². The molecule has 2 atom stereocenters. The van der Waals surface area contributed by atoms with E-state index >= 15 is 0 Å². The molecule has 1 N–H and O–H groups in total. The summed E-state index contributed by atoms with van der Waals surface area (Å²) in [4.78, 5) is 23.1. The number of esters is 1. The highest BCUT2D eigenvalue weighted by molar-refractivity contribution is 5.81. The minimum Gasteiger partial charge on any atom is -0.481 e. The van der Waals surface area contributed by atoms with Gasteiger partial charge in [-0.15, -0.1) is 0 Å². The Balaban J connectivity index is 2.24. The number of carboxylic acids is 1. The number of carboxylic acid groups (broad SMARTS) is 1. The number of aliphatic carboxylic acids is 1. The Morgan fingerprint density at radius 1 is 1.10 bits per heavy atom. The molecule has 21 heavy (non-hydrogen) atoms. The van der Waals surface area contributed by atoms with E-state index in [0.717, 1.165) is 25.7 Å². The molecule has 0 amide bonds. The van der Waals surface area contributed by atoms with Gasteiger partial charge in [0.25, 0.3) is 0 Å². The molecular weight excluding hydrogens is 268 g/mol. The fraction of sp³-hybridized carbons (Fsp3) is 0.765. The number of unbranched alkanes of at least 4 members (excludes halogenated alkanes) is 5. The summed E-state index contributed by atoms with van der Waals surface area (Å²) in [7, 11) is 0. The average molecular weight is 296 g/mol. The molecule has 0 aromatic carbocycles. The molecule has 2 unspecified atom stereocenters. The Morgan fingerprint density at radius 3 is 2.43 bits per heavy atom. The Hall–Kier alpha value is -1.32. The summed E-state index contributed by atoms with van der Waals surface area (Å²) < 4.78 is 5.11. The molecular formula is C17H28O4. The van der Waals surface area contributed by atoms with Crippen LogP contribution >= 0.6 is 0 Å². The van der Waals surface area contributed by atoms with Crippen molar-refractivity contribution >= 4 is 11.9 Å². The third-order valence-corrected chi connectivity index (χ3v) is 4.14. The quantitative estimate of drug-likeness (QED) is 0.391. The second-order valence-corrected chi connectivity index (χ2v) is 5.85. The second kappa shape index (κ2) is 10.4. The summed E-state index contributed by atoms with van der Waals surface area (Å²) in [6.07, 6.45) is 13.3. The molecule has 0 bridgehead atoms. The number of hydrogen-bond acceptors (Lipinski definition) is 3. The molecule has 0 aliphatic heterocycles. The molecule has 0 heterocycles. The SMILES string of the molecule is CCCCCCC/C=C/OC(=O)C1CCCCC1C(=O)O. The normalized spacial score (nSPS) is 22.3. The smallest absolute Gasteiger partial charge is 0.314 e. The molecule has 4 heteroatoms. The third-order valence-electron chi connectivity index (χ3n) is 4.14. The maximum absolute atomic E-state index is 12.0. The predicted molar refractivity (Wildman–Crippen MR) is 81.7 cm³/mol. The van der Waals surface area contributed by atoms with Crippen molar-refractivity contribution in [2.45, 2.75) is 71.1 Å². The monoisotopic (exact) mass is 296 g/mol. The molecule has 4 nitrogen and oxygen atoms in total. The van der Waals surface area contributed by atoms with Gasteiger partial charge in [-0.3, -0.25) is 9.59 Å². The first kappa shape index (κ1) is 17.7. The summed E-state index contributed by atoms with van der Waals surface area (Å²) in [5.41, 5.74) is 0. The van der Waals surface area contributed by atoms with Crippen molar-refractivity contribution in [2.24, 2.45) is 11.8 Å². The zero-order chi connectivity index (χ0) is 15.5. The molecule has 120 valence electrons. The van der Waals surface area contributed by atoms with Crippen molar-refractivity contribution in [1.82, 2.24) is 0 Å². The average Bonchev–Trinajstić information content (AvgIpc) is 2.49. The van der Waals surface area contributed by atoms with Gasteiger partial charge < -0.3 is 9.84 Å². The van der Waals surface area contributed by atoms with Crippen LogP contribution in [0.25, 0.3) is 0 Å². The van der Waals surface area contributed by atoms with E-state index in [4.69, 9.17) is 9.84 Å². The van der Waals surface area contributed by atoms with E-state index < -0.39 is 17.8 Å². The number of carbonyl (C=O) groups is 2. The number of allylic oxidation sites excluding steroid dienone is 1. The number of ether oxygens (including phenoxy) is 1. The van der Waals surface area contributed by atoms with E-state index in [2.05, 4.69) is 6.92 Å². The highest BCUT2D eigenvalue weighted by atomic mass is 16.5. The standard InChI is InChI=1S/C17H28O4/c1-2-3-4-5-6-7-10-13-21-17(20)15-12-9-8-11-14(15)16(18)19/h10,13-15H,2-9,11-12H2,1H3,(H,18,19)/b13-10+. The molecule has 0 aromatic heterocycles. The van der Waals surface area contributed by atoms with E-state index in [-0.39, 0.29) is 5.97 Å². The molecule has 1 saturated carbocycles. The van der Waals surface area contributed by atoms with Crippen LogP contribution < -0.4 is 0 Å². The van der Waals surface area contributed by atoms with E-state index in [1.807, 2.05) is 6.08 Å². The molecule has 1 aliphatic rings. The van der Waals surface area contributed by atoms with Gasteiger partial charge in [0.05, 0.1) is 18.1 Å². The first-order valence-electron chi connectivity index (χ1n) is 8.25. The third kappa shape index (κ3) is 6.78.